The van der Waals surface area contributed by atoms with Crippen LogP contribution >= 0.6 is 0 Å². The number of hydrogen-bond acceptors (Lipinski definition) is 5. The molecule has 1 aliphatic carbocycles. The molecule has 2 aliphatic rings. The number of halogens is 1. The molecule has 30 heavy (non-hydrogen) atoms. The summed E-state index contributed by atoms with van der Waals surface area (Å²) in [5, 5.41) is 3.68. The van der Waals surface area contributed by atoms with Crippen LogP contribution in [0.25, 0.3) is 17.0 Å². The minimum atomic E-state index is -0.274. The van der Waals surface area contributed by atoms with Crippen LogP contribution in [0.15, 0.2) is 55.0 Å². The highest BCUT2D eigenvalue weighted by Crippen LogP contribution is 2.53. The Bertz CT molecular complexity index is 1090. The molecule has 0 unspecified atom stereocenters. The molecule has 1 N–H and O–H groups in total. The summed E-state index contributed by atoms with van der Waals surface area (Å²) in [6, 6.07) is 8.33. The quantitative estimate of drug-likeness (QED) is 0.641. The van der Waals surface area contributed by atoms with E-state index in [1.54, 1.807) is 36.8 Å². The molecule has 3 heterocycles. The van der Waals surface area contributed by atoms with Crippen LogP contribution in [0, 0.1) is 23.6 Å². The van der Waals surface area contributed by atoms with Crippen LogP contribution in [0.3, 0.4) is 0 Å². The first-order chi connectivity index (χ1) is 14.7. The maximum absolute atomic E-state index is 13.3. The van der Waals surface area contributed by atoms with Crippen LogP contribution in [0.5, 0.6) is 0 Å². The van der Waals surface area contributed by atoms with E-state index in [2.05, 4.69) is 25.2 Å². The number of carbonyl (C=O) groups is 1. The predicted octanol–water partition coefficient (Wildman–Crippen LogP) is 3.07. The summed E-state index contributed by atoms with van der Waals surface area (Å²) in [7, 11) is 0. The first-order valence-electron chi connectivity index (χ1n) is 10.2. The normalized spacial score (nSPS) is 22.4. The summed E-state index contributed by atoms with van der Waals surface area (Å²) in [4.78, 5) is 27.2. The molecule has 3 atom stereocenters. The van der Waals surface area contributed by atoms with Crippen molar-refractivity contribution < 1.29 is 9.18 Å². The topological polar surface area (TPSA) is 71.0 Å². The lowest BCUT2D eigenvalue weighted by Gasteiger charge is -2.20. The molecule has 7 heteroatoms. The van der Waals surface area contributed by atoms with Crippen molar-refractivity contribution in [1.82, 2.24) is 20.3 Å². The minimum Gasteiger partial charge on any atom is -0.353 e. The number of anilines is 1. The van der Waals surface area contributed by atoms with Crippen LogP contribution in [-0.2, 0) is 4.79 Å². The van der Waals surface area contributed by atoms with Gasteiger partial charge in [0.1, 0.15) is 5.82 Å². The third-order valence-electron chi connectivity index (χ3n) is 6.07. The summed E-state index contributed by atoms with van der Waals surface area (Å²) in [5.74, 6) is 2.30. The van der Waals surface area contributed by atoms with Crippen LogP contribution in [-0.4, -0.2) is 40.5 Å². The van der Waals surface area contributed by atoms with Crippen molar-refractivity contribution in [2.45, 2.75) is 6.42 Å². The molecule has 1 saturated carbocycles. The Morgan fingerprint density at radius 2 is 2.10 bits per heavy atom. The summed E-state index contributed by atoms with van der Waals surface area (Å²) >= 11 is 0. The highest BCUT2D eigenvalue weighted by Gasteiger charge is 2.55. The number of amides is 1. The second-order valence-corrected chi connectivity index (χ2v) is 7.97. The van der Waals surface area contributed by atoms with Gasteiger partial charge in [0, 0.05) is 49.7 Å². The Labute approximate surface area is 173 Å². The standard InChI is InChI=1S/C23H22FN5O/c24-17-4-5-21-16(10-17)12-27-23(28-21)29-13-19-18(20(19)14-29)7-9-26-22(30)6-3-15-2-1-8-25-11-15/h1-6,8,10-12,18-20H,7,9,13-14H2,(H,26,30)/b6-3+/t18-,19-,20+. The van der Waals surface area contributed by atoms with E-state index >= 15 is 0 Å². The molecule has 1 saturated heterocycles. The fourth-order valence-electron chi connectivity index (χ4n) is 4.46. The molecule has 0 bridgehead atoms. The van der Waals surface area contributed by atoms with E-state index in [-0.39, 0.29) is 11.7 Å². The largest absolute Gasteiger partial charge is 0.353 e. The van der Waals surface area contributed by atoms with Crippen molar-refractivity contribution >= 4 is 28.8 Å². The molecule has 152 valence electrons. The fourth-order valence-corrected chi connectivity index (χ4v) is 4.46. The molecule has 2 fully saturated rings. The van der Waals surface area contributed by atoms with Crippen molar-refractivity contribution in [2.75, 3.05) is 24.5 Å². The zero-order valence-corrected chi connectivity index (χ0v) is 16.4. The number of aromatic nitrogens is 3. The third kappa shape index (κ3) is 3.87. The monoisotopic (exact) mass is 403 g/mol. The van der Waals surface area contributed by atoms with Crippen LogP contribution in [0.4, 0.5) is 10.3 Å². The summed E-state index contributed by atoms with van der Waals surface area (Å²) < 4.78 is 13.3. The van der Waals surface area contributed by atoms with E-state index in [9.17, 15) is 9.18 Å². The van der Waals surface area contributed by atoms with Crippen LogP contribution in [0.1, 0.15) is 12.0 Å². The van der Waals surface area contributed by atoms with Gasteiger partial charge in [-0.05, 0) is 60.1 Å². The average Bonchev–Trinajstić information content (AvgIpc) is 3.21. The van der Waals surface area contributed by atoms with Crippen LogP contribution < -0.4 is 10.2 Å². The maximum atomic E-state index is 13.3. The van der Waals surface area contributed by atoms with Gasteiger partial charge in [0.05, 0.1) is 5.52 Å². The molecule has 1 aromatic carbocycles. The number of pyridine rings is 1. The molecule has 1 amide bonds. The Morgan fingerprint density at radius 1 is 1.23 bits per heavy atom. The van der Waals surface area contributed by atoms with E-state index in [0.717, 1.165) is 30.6 Å². The van der Waals surface area contributed by atoms with Crippen LogP contribution in [0.2, 0.25) is 0 Å². The molecule has 6 nitrogen and oxygen atoms in total. The van der Waals surface area contributed by atoms with Gasteiger partial charge in [-0.25, -0.2) is 14.4 Å². The van der Waals surface area contributed by atoms with Gasteiger partial charge in [0.2, 0.25) is 11.9 Å². The molecule has 2 aromatic heterocycles. The van der Waals surface area contributed by atoms with Gasteiger partial charge in [-0.2, -0.15) is 0 Å². The Hall–Kier alpha value is -3.35. The molecule has 5 rings (SSSR count). The number of fused-ring (bicyclic) bond motifs is 2. The lowest BCUT2D eigenvalue weighted by molar-refractivity contribution is -0.116. The van der Waals surface area contributed by atoms with Gasteiger partial charge in [-0.3, -0.25) is 9.78 Å². The van der Waals surface area contributed by atoms with Crippen molar-refractivity contribution in [1.29, 1.82) is 0 Å². The number of benzene rings is 1. The molecular formula is C23H22FN5O. The zero-order chi connectivity index (χ0) is 20.5. The molecular weight excluding hydrogens is 381 g/mol. The first kappa shape index (κ1) is 18.7. The molecule has 3 aromatic rings. The zero-order valence-electron chi connectivity index (χ0n) is 16.4. The van der Waals surface area contributed by atoms with Gasteiger partial charge in [0.25, 0.3) is 0 Å². The highest BCUT2D eigenvalue weighted by atomic mass is 19.1. The van der Waals surface area contributed by atoms with E-state index in [4.69, 9.17) is 0 Å². The number of hydrogen-bond donors (Lipinski definition) is 1. The van der Waals surface area contributed by atoms with Gasteiger partial charge < -0.3 is 10.2 Å². The second kappa shape index (κ2) is 7.82. The SMILES string of the molecule is O=C(/C=C/c1cccnc1)NCC[C@@H]1[C@H]2CN(c3ncc4cc(F)ccc4n3)C[C@@H]12. The number of piperidine rings is 1. The number of nitrogens with zero attached hydrogens (tertiary/aromatic N) is 4. The van der Waals surface area contributed by atoms with Gasteiger partial charge in [-0.1, -0.05) is 6.07 Å². The molecule has 0 spiro atoms. The first-order valence-corrected chi connectivity index (χ1v) is 10.2. The number of carbonyl (C=O) groups excluding carboxylic acids is 1. The minimum absolute atomic E-state index is 0.0766. The fraction of sp³-hybridized carbons (Fsp3) is 0.304. The van der Waals surface area contributed by atoms with Gasteiger partial charge >= 0.3 is 0 Å². The Balaban J connectivity index is 1.08. The van der Waals surface area contributed by atoms with E-state index in [0.29, 0.717) is 35.6 Å². The Kier molecular flexibility index (Phi) is 4.86. The lowest BCUT2D eigenvalue weighted by Crippen LogP contribution is -2.27. The second-order valence-electron chi connectivity index (χ2n) is 7.97. The van der Waals surface area contributed by atoms with Crippen molar-refractivity contribution in [2.24, 2.45) is 17.8 Å². The molecule has 1 aliphatic heterocycles. The maximum Gasteiger partial charge on any atom is 0.244 e. The Morgan fingerprint density at radius 3 is 2.90 bits per heavy atom. The average molecular weight is 403 g/mol. The highest BCUT2D eigenvalue weighted by molar-refractivity contribution is 5.91. The summed E-state index contributed by atoms with van der Waals surface area (Å²) in [6.07, 6.45) is 9.43. The summed E-state index contributed by atoms with van der Waals surface area (Å²) in [6.45, 7) is 2.57. The summed E-state index contributed by atoms with van der Waals surface area (Å²) in [5.41, 5.74) is 1.67. The molecule has 0 radical (unpaired) electrons. The third-order valence-corrected chi connectivity index (χ3v) is 6.07. The van der Waals surface area contributed by atoms with Gasteiger partial charge in [0.15, 0.2) is 0 Å². The van der Waals surface area contributed by atoms with Crippen molar-refractivity contribution in [3.05, 3.63) is 66.4 Å². The van der Waals surface area contributed by atoms with E-state index in [1.807, 2.05) is 12.1 Å². The number of nitrogens with one attached hydrogen (secondary N) is 1. The van der Waals surface area contributed by atoms with E-state index in [1.165, 1.54) is 12.1 Å². The number of rotatable bonds is 6. The smallest absolute Gasteiger partial charge is 0.244 e. The van der Waals surface area contributed by atoms with Crippen molar-refractivity contribution in [3.8, 4) is 0 Å². The predicted molar refractivity (Wildman–Crippen MR) is 113 cm³/mol. The van der Waals surface area contributed by atoms with E-state index < -0.39 is 0 Å². The van der Waals surface area contributed by atoms with Crippen molar-refractivity contribution in [3.63, 3.8) is 0 Å². The van der Waals surface area contributed by atoms with Gasteiger partial charge in [-0.15, -0.1) is 0 Å². The lowest BCUT2D eigenvalue weighted by atomic mass is 10.2.